The summed E-state index contributed by atoms with van der Waals surface area (Å²) in [6.45, 7) is 4.91. The first kappa shape index (κ1) is 64.3. The van der Waals surface area contributed by atoms with Crippen LogP contribution in [0.2, 0.25) is 0 Å². The molecule has 6 nitrogen and oxygen atoms in total. The summed E-state index contributed by atoms with van der Waals surface area (Å²) in [4.78, 5) is 24.6. The number of rotatable bonds is 55. The van der Waals surface area contributed by atoms with Gasteiger partial charge in [0.25, 0.3) is 0 Å². The van der Waals surface area contributed by atoms with Crippen LogP contribution in [0, 0.1) is 0 Å². The second kappa shape index (κ2) is 55.9. The molecule has 0 aromatic rings. The fourth-order valence-electron chi connectivity index (χ4n) is 9.20. The van der Waals surface area contributed by atoms with Gasteiger partial charge in [-0.25, -0.2) is 0 Å². The molecule has 0 spiro atoms. The van der Waals surface area contributed by atoms with Crippen LogP contribution in [0.25, 0.3) is 0 Å². The molecule has 3 N–H and O–H groups in total. The van der Waals surface area contributed by atoms with Crippen molar-refractivity contribution in [1.29, 1.82) is 0 Å². The number of allylic oxidation sites excluding steroid dienone is 4. The summed E-state index contributed by atoms with van der Waals surface area (Å²) in [7, 11) is 0. The topological polar surface area (TPSA) is 95.9 Å². The third kappa shape index (κ3) is 51.7. The molecule has 0 saturated carbocycles. The van der Waals surface area contributed by atoms with Gasteiger partial charge in [-0.2, -0.15) is 0 Å². The fraction of sp³-hybridized carbons (Fsp3) is 0.900. The van der Waals surface area contributed by atoms with Crippen molar-refractivity contribution >= 4 is 11.9 Å². The van der Waals surface area contributed by atoms with Crippen LogP contribution in [0.15, 0.2) is 24.3 Å². The highest BCUT2D eigenvalue weighted by atomic mass is 16.5. The van der Waals surface area contributed by atoms with Crippen LogP contribution in [0.4, 0.5) is 0 Å². The summed E-state index contributed by atoms with van der Waals surface area (Å²) < 4.78 is 5.46. The molecule has 2 atom stereocenters. The maximum Gasteiger partial charge on any atom is 0.305 e. The lowest BCUT2D eigenvalue weighted by Gasteiger charge is -2.22. The van der Waals surface area contributed by atoms with Gasteiger partial charge in [-0.05, 0) is 57.8 Å². The summed E-state index contributed by atoms with van der Waals surface area (Å²) >= 11 is 0. The molecule has 0 fully saturated rings. The van der Waals surface area contributed by atoms with Crippen molar-refractivity contribution in [3.63, 3.8) is 0 Å². The molecule has 0 aliphatic heterocycles. The van der Waals surface area contributed by atoms with E-state index in [0.717, 1.165) is 70.6 Å². The number of carbonyl (C=O) groups excluding carboxylic acids is 2. The Labute approximate surface area is 411 Å². The number of aliphatic hydroxyl groups is 2. The summed E-state index contributed by atoms with van der Waals surface area (Å²) in [6, 6.07) is -0.555. The van der Waals surface area contributed by atoms with Gasteiger partial charge in [0.1, 0.15) is 0 Å². The lowest BCUT2D eigenvalue weighted by Crippen LogP contribution is -2.45. The molecule has 0 radical (unpaired) electrons. The van der Waals surface area contributed by atoms with E-state index < -0.39 is 12.1 Å². The van der Waals surface area contributed by atoms with Crippen molar-refractivity contribution in [2.45, 2.75) is 334 Å². The largest absolute Gasteiger partial charge is 0.466 e. The molecule has 0 heterocycles. The van der Waals surface area contributed by atoms with Crippen molar-refractivity contribution in [3.8, 4) is 0 Å². The normalized spacial score (nSPS) is 12.7. The van der Waals surface area contributed by atoms with Crippen molar-refractivity contribution in [2.24, 2.45) is 0 Å². The highest BCUT2D eigenvalue weighted by molar-refractivity contribution is 5.76. The molecule has 6 heteroatoms. The number of aliphatic hydroxyl groups excluding tert-OH is 2. The molecule has 66 heavy (non-hydrogen) atoms. The van der Waals surface area contributed by atoms with E-state index in [9.17, 15) is 19.8 Å². The van der Waals surface area contributed by atoms with E-state index in [1.54, 1.807) is 0 Å². The third-order valence-electron chi connectivity index (χ3n) is 13.8. The first-order valence-corrected chi connectivity index (χ1v) is 29.6. The standard InChI is InChI=1S/C60H115NO5/c1-3-5-7-9-11-13-15-17-19-20-21-22-23-24-25-27-28-32-36-40-44-48-52-58(63)57(56-62)61-59(64)53-49-45-41-37-33-30-31-35-39-43-47-51-55-66-60(65)54-50-46-42-38-34-29-26-18-16-14-12-10-8-6-4-2/h12,14,18,26,57-58,62-63H,3-11,13,15-17,19-25,27-56H2,1-2H3,(H,61,64)/b14-12-,26-18-. The second-order valence-electron chi connectivity index (χ2n) is 20.3. The van der Waals surface area contributed by atoms with E-state index >= 15 is 0 Å². The molecule has 0 aliphatic rings. The zero-order valence-electron chi connectivity index (χ0n) is 44.4. The first-order valence-electron chi connectivity index (χ1n) is 29.6. The molecule has 0 aromatic carbocycles. The van der Waals surface area contributed by atoms with Gasteiger partial charge in [0.05, 0.1) is 25.4 Å². The summed E-state index contributed by atoms with van der Waals surface area (Å²) in [5.41, 5.74) is 0. The predicted octanol–water partition coefficient (Wildman–Crippen LogP) is 18.2. The smallest absolute Gasteiger partial charge is 0.305 e. The first-order chi connectivity index (χ1) is 32.5. The minimum absolute atomic E-state index is 0.0223. The number of unbranched alkanes of at least 4 members (excludes halogenated alkanes) is 40. The lowest BCUT2D eigenvalue weighted by atomic mass is 10.0. The van der Waals surface area contributed by atoms with Gasteiger partial charge in [0.2, 0.25) is 5.91 Å². The number of nitrogens with one attached hydrogen (secondary N) is 1. The van der Waals surface area contributed by atoms with Crippen LogP contribution in [-0.4, -0.2) is 47.4 Å². The van der Waals surface area contributed by atoms with Gasteiger partial charge in [0, 0.05) is 12.8 Å². The fourth-order valence-corrected chi connectivity index (χ4v) is 9.20. The monoisotopic (exact) mass is 930 g/mol. The Morgan fingerprint density at radius 3 is 1.18 bits per heavy atom. The number of hydrogen-bond donors (Lipinski definition) is 3. The van der Waals surface area contributed by atoms with Crippen LogP contribution in [0.1, 0.15) is 322 Å². The molecule has 2 unspecified atom stereocenters. The summed E-state index contributed by atoms with van der Waals surface area (Å²) in [5.74, 6) is -0.0707. The highest BCUT2D eigenvalue weighted by Crippen LogP contribution is 2.18. The van der Waals surface area contributed by atoms with Gasteiger partial charge in [0.15, 0.2) is 0 Å². The molecular weight excluding hydrogens is 815 g/mol. The molecule has 1 amide bonds. The average molecular weight is 931 g/mol. The maximum atomic E-state index is 12.5. The zero-order valence-corrected chi connectivity index (χ0v) is 44.4. The van der Waals surface area contributed by atoms with E-state index in [-0.39, 0.29) is 18.5 Å². The van der Waals surface area contributed by atoms with E-state index in [1.165, 1.54) is 218 Å². The van der Waals surface area contributed by atoms with Crippen molar-refractivity contribution in [1.82, 2.24) is 5.32 Å². The van der Waals surface area contributed by atoms with Gasteiger partial charge in [-0.15, -0.1) is 0 Å². The minimum atomic E-state index is -0.676. The molecule has 0 rings (SSSR count). The maximum absolute atomic E-state index is 12.5. The number of carbonyl (C=O) groups is 2. The van der Waals surface area contributed by atoms with Crippen molar-refractivity contribution < 1.29 is 24.5 Å². The minimum Gasteiger partial charge on any atom is -0.466 e. The van der Waals surface area contributed by atoms with Gasteiger partial charge in [-0.1, -0.05) is 276 Å². The molecular formula is C60H115NO5. The Hall–Kier alpha value is -1.66. The van der Waals surface area contributed by atoms with E-state index in [4.69, 9.17) is 4.74 Å². The Balaban J connectivity index is 3.46. The number of ether oxygens (including phenoxy) is 1. The molecule has 0 aliphatic carbocycles. The SMILES string of the molecule is CCCCC/C=C\C/C=C\CCCCCCCC(=O)OCCCCCCCCCCCCCCC(=O)NC(CO)C(O)CCCCCCCCCCCCCCCCCCCCCCCC. The van der Waals surface area contributed by atoms with Gasteiger partial charge >= 0.3 is 5.97 Å². The number of amides is 1. The summed E-state index contributed by atoms with van der Waals surface area (Å²) in [6.07, 6.45) is 67.4. The van der Waals surface area contributed by atoms with Gasteiger partial charge in [-0.3, -0.25) is 9.59 Å². The third-order valence-corrected chi connectivity index (χ3v) is 13.8. The Morgan fingerprint density at radius 1 is 0.424 bits per heavy atom. The Morgan fingerprint density at radius 2 is 0.758 bits per heavy atom. The summed E-state index contributed by atoms with van der Waals surface area (Å²) in [5, 5.41) is 23.3. The van der Waals surface area contributed by atoms with Crippen LogP contribution in [0.3, 0.4) is 0 Å². The van der Waals surface area contributed by atoms with Crippen LogP contribution in [0.5, 0.6) is 0 Å². The van der Waals surface area contributed by atoms with Crippen LogP contribution in [-0.2, 0) is 14.3 Å². The van der Waals surface area contributed by atoms with Crippen LogP contribution < -0.4 is 5.32 Å². The van der Waals surface area contributed by atoms with Crippen molar-refractivity contribution in [2.75, 3.05) is 13.2 Å². The zero-order chi connectivity index (χ0) is 47.9. The van der Waals surface area contributed by atoms with E-state index in [2.05, 4.69) is 43.5 Å². The second-order valence-corrected chi connectivity index (χ2v) is 20.3. The predicted molar refractivity (Wildman–Crippen MR) is 287 cm³/mol. The van der Waals surface area contributed by atoms with E-state index in [1.807, 2.05) is 0 Å². The van der Waals surface area contributed by atoms with Crippen molar-refractivity contribution in [3.05, 3.63) is 24.3 Å². The lowest BCUT2D eigenvalue weighted by molar-refractivity contribution is -0.143. The molecule has 0 saturated heterocycles. The average Bonchev–Trinajstić information content (AvgIpc) is 3.32. The highest BCUT2D eigenvalue weighted by Gasteiger charge is 2.20. The van der Waals surface area contributed by atoms with Crippen LogP contribution >= 0.6 is 0 Å². The Kier molecular flexibility index (Phi) is 54.5. The van der Waals surface area contributed by atoms with Gasteiger partial charge < -0.3 is 20.3 Å². The quantitative estimate of drug-likeness (QED) is 0.0321. The number of hydrogen-bond acceptors (Lipinski definition) is 5. The molecule has 390 valence electrons. The number of esters is 1. The van der Waals surface area contributed by atoms with E-state index in [0.29, 0.717) is 25.9 Å². The molecule has 0 aromatic heterocycles. The molecule has 0 bridgehead atoms. The Bertz CT molecular complexity index is 1030.